The van der Waals surface area contributed by atoms with E-state index in [1.807, 2.05) is 0 Å². The van der Waals surface area contributed by atoms with E-state index < -0.39 is 0 Å². The summed E-state index contributed by atoms with van der Waals surface area (Å²) in [6.07, 6.45) is 7.97. The van der Waals surface area contributed by atoms with Gasteiger partial charge in [0.1, 0.15) is 11.3 Å². The lowest BCUT2D eigenvalue weighted by Gasteiger charge is -2.29. The number of fused-ring (bicyclic) bond motifs is 1. The van der Waals surface area contributed by atoms with Gasteiger partial charge in [-0.3, -0.25) is 0 Å². The first-order chi connectivity index (χ1) is 10.3. The molecule has 2 aromatic rings. The van der Waals surface area contributed by atoms with Gasteiger partial charge in [0.15, 0.2) is 0 Å². The Labute approximate surface area is 127 Å². The highest BCUT2D eigenvalue weighted by Gasteiger charge is 2.27. The van der Waals surface area contributed by atoms with Gasteiger partial charge in [0.2, 0.25) is 0 Å². The Morgan fingerprint density at radius 2 is 2.00 bits per heavy atom. The molecule has 2 heteroatoms. The van der Waals surface area contributed by atoms with E-state index in [1.165, 1.54) is 49.5 Å². The molecule has 1 aromatic heterocycles. The van der Waals surface area contributed by atoms with Crippen LogP contribution in [0.5, 0.6) is 0 Å². The molecule has 0 aliphatic heterocycles. The first-order valence-corrected chi connectivity index (χ1v) is 8.51. The molecular formula is C19H27NO. The average molecular weight is 285 g/mol. The van der Waals surface area contributed by atoms with Crippen molar-refractivity contribution in [1.82, 2.24) is 5.32 Å². The molecule has 1 aliphatic rings. The number of nitrogens with one attached hydrogen (secondary N) is 1. The Kier molecular flexibility index (Phi) is 4.64. The van der Waals surface area contributed by atoms with Gasteiger partial charge >= 0.3 is 0 Å². The fraction of sp³-hybridized carbons (Fsp3) is 0.579. The van der Waals surface area contributed by atoms with Crippen molar-refractivity contribution in [2.75, 3.05) is 6.54 Å². The standard InChI is InChI=1S/C19H27NO/c1-3-11-20-19(15-7-5-4-6-8-15)18-13-16-12-14(2)9-10-17(16)21-18/h9-10,12-13,15,19-20H,3-8,11H2,1-2H3. The molecule has 0 radical (unpaired) electrons. The summed E-state index contributed by atoms with van der Waals surface area (Å²) in [4.78, 5) is 0. The number of hydrogen-bond donors (Lipinski definition) is 1. The lowest BCUT2D eigenvalue weighted by atomic mass is 9.83. The molecule has 1 N–H and O–H groups in total. The maximum absolute atomic E-state index is 6.17. The van der Waals surface area contributed by atoms with Crippen LogP contribution in [-0.2, 0) is 0 Å². The fourth-order valence-electron chi connectivity index (χ4n) is 3.60. The number of aryl methyl sites for hydroxylation is 1. The van der Waals surface area contributed by atoms with Crippen LogP contribution < -0.4 is 5.32 Å². The van der Waals surface area contributed by atoms with Gasteiger partial charge < -0.3 is 9.73 Å². The van der Waals surface area contributed by atoms with Gasteiger partial charge in [0, 0.05) is 5.39 Å². The number of furan rings is 1. The van der Waals surface area contributed by atoms with E-state index >= 15 is 0 Å². The minimum atomic E-state index is 0.387. The van der Waals surface area contributed by atoms with E-state index in [-0.39, 0.29) is 0 Å². The van der Waals surface area contributed by atoms with Gasteiger partial charge in [-0.15, -0.1) is 0 Å². The first kappa shape index (κ1) is 14.6. The van der Waals surface area contributed by atoms with Crippen LogP contribution in [0.1, 0.15) is 62.8 Å². The highest BCUT2D eigenvalue weighted by Crippen LogP contribution is 2.36. The van der Waals surface area contributed by atoms with Crippen LogP contribution in [0, 0.1) is 12.8 Å². The molecule has 1 fully saturated rings. The minimum absolute atomic E-state index is 0.387. The van der Waals surface area contributed by atoms with Crippen molar-refractivity contribution in [2.45, 2.75) is 58.4 Å². The average Bonchev–Trinajstić information content (AvgIpc) is 2.91. The minimum Gasteiger partial charge on any atom is -0.459 e. The Balaban J connectivity index is 1.88. The van der Waals surface area contributed by atoms with Crippen LogP contribution in [-0.4, -0.2) is 6.54 Å². The van der Waals surface area contributed by atoms with Crippen molar-refractivity contribution in [2.24, 2.45) is 5.92 Å². The van der Waals surface area contributed by atoms with Crippen LogP contribution in [0.25, 0.3) is 11.0 Å². The molecule has 1 aliphatic carbocycles. The van der Waals surface area contributed by atoms with Gasteiger partial charge in [-0.05, 0) is 56.8 Å². The maximum Gasteiger partial charge on any atom is 0.134 e. The van der Waals surface area contributed by atoms with E-state index in [0.717, 1.165) is 23.8 Å². The normalized spacial score (nSPS) is 18.2. The predicted octanol–water partition coefficient (Wildman–Crippen LogP) is 5.36. The van der Waals surface area contributed by atoms with Crippen LogP contribution in [0.15, 0.2) is 28.7 Å². The summed E-state index contributed by atoms with van der Waals surface area (Å²) in [6.45, 7) is 5.43. The summed E-state index contributed by atoms with van der Waals surface area (Å²) in [6, 6.07) is 9.10. The zero-order chi connectivity index (χ0) is 14.7. The molecule has 1 aromatic carbocycles. The molecule has 21 heavy (non-hydrogen) atoms. The monoisotopic (exact) mass is 285 g/mol. The van der Waals surface area contributed by atoms with Gasteiger partial charge in [-0.1, -0.05) is 37.8 Å². The van der Waals surface area contributed by atoms with Crippen molar-refractivity contribution in [3.05, 3.63) is 35.6 Å². The molecular weight excluding hydrogens is 258 g/mol. The first-order valence-electron chi connectivity index (χ1n) is 8.51. The second-order valence-corrected chi connectivity index (χ2v) is 6.52. The lowest BCUT2D eigenvalue weighted by Crippen LogP contribution is -2.30. The molecule has 0 saturated heterocycles. The van der Waals surface area contributed by atoms with Gasteiger partial charge in [-0.25, -0.2) is 0 Å². The van der Waals surface area contributed by atoms with Crippen LogP contribution >= 0.6 is 0 Å². The van der Waals surface area contributed by atoms with Crippen molar-refractivity contribution in [1.29, 1.82) is 0 Å². The topological polar surface area (TPSA) is 25.2 Å². The zero-order valence-electron chi connectivity index (χ0n) is 13.3. The van der Waals surface area contributed by atoms with E-state index in [4.69, 9.17) is 4.42 Å². The maximum atomic E-state index is 6.17. The molecule has 0 bridgehead atoms. The Morgan fingerprint density at radius 3 is 2.76 bits per heavy atom. The fourth-order valence-corrected chi connectivity index (χ4v) is 3.60. The van der Waals surface area contributed by atoms with Crippen molar-refractivity contribution >= 4 is 11.0 Å². The van der Waals surface area contributed by atoms with Crippen LogP contribution in [0.3, 0.4) is 0 Å². The van der Waals surface area contributed by atoms with E-state index in [0.29, 0.717) is 6.04 Å². The van der Waals surface area contributed by atoms with Gasteiger partial charge in [0.25, 0.3) is 0 Å². The van der Waals surface area contributed by atoms with E-state index in [1.54, 1.807) is 0 Å². The third kappa shape index (κ3) is 3.32. The molecule has 3 rings (SSSR count). The Morgan fingerprint density at radius 1 is 1.19 bits per heavy atom. The second-order valence-electron chi connectivity index (χ2n) is 6.52. The quantitative estimate of drug-likeness (QED) is 0.799. The van der Waals surface area contributed by atoms with E-state index in [9.17, 15) is 0 Å². The third-order valence-corrected chi connectivity index (χ3v) is 4.73. The van der Waals surface area contributed by atoms with Gasteiger partial charge in [0.05, 0.1) is 6.04 Å². The van der Waals surface area contributed by atoms with Crippen LogP contribution in [0.4, 0.5) is 0 Å². The van der Waals surface area contributed by atoms with Crippen molar-refractivity contribution in [3.8, 4) is 0 Å². The molecule has 1 heterocycles. The highest BCUT2D eigenvalue weighted by atomic mass is 16.3. The van der Waals surface area contributed by atoms with Gasteiger partial charge in [-0.2, -0.15) is 0 Å². The third-order valence-electron chi connectivity index (χ3n) is 4.73. The highest BCUT2D eigenvalue weighted by molar-refractivity contribution is 5.78. The Bertz CT molecular complexity index is 580. The lowest BCUT2D eigenvalue weighted by molar-refractivity contribution is 0.247. The molecule has 2 nitrogen and oxygen atoms in total. The summed E-state index contributed by atoms with van der Waals surface area (Å²) >= 11 is 0. The van der Waals surface area contributed by atoms with Crippen molar-refractivity contribution in [3.63, 3.8) is 0 Å². The number of benzene rings is 1. The Hall–Kier alpha value is -1.28. The smallest absolute Gasteiger partial charge is 0.134 e. The van der Waals surface area contributed by atoms with Crippen LogP contribution in [0.2, 0.25) is 0 Å². The number of rotatable bonds is 5. The summed E-state index contributed by atoms with van der Waals surface area (Å²) in [5.74, 6) is 1.86. The SMILES string of the molecule is CCCNC(c1cc2cc(C)ccc2o1)C1CCCCC1. The van der Waals surface area contributed by atoms with E-state index in [2.05, 4.69) is 43.4 Å². The molecule has 114 valence electrons. The summed E-state index contributed by atoms with van der Waals surface area (Å²) < 4.78 is 6.17. The predicted molar refractivity (Wildman–Crippen MR) is 88.6 cm³/mol. The largest absolute Gasteiger partial charge is 0.459 e. The molecule has 1 atom stereocenters. The molecule has 1 unspecified atom stereocenters. The van der Waals surface area contributed by atoms with Crippen molar-refractivity contribution < 1.29 is 4.42 Å². The number of hydrogen-bond acceptors (Lipinski definition) is 2. The second kappa shape index (κ2) is 6.65. The zero-order valence-corrected chi connectivity index (χ0v) is 13.3. The molecule has 0 spiro atoms. The summed E-state index contributed by atoms with van der Waals surface area (Å²) in [5.41, 5.74) is 2.32. The summed E-state index contributed by atoms with van der Waals surface area (Å²) in [5, 5.41) is 4.98. The molecule has 0 amide bonds. The summed E-state index contributed by atoms with van der Waals surface area (Å²) in [7, 11) is 0. The molecule has 1 saturated carbocycles.